The molecule has 1 heterocycles. The molecule has 1 aliphatic heterocycles. The van der Waals surface area contributed by atoms with E-state index in [4.69, 9.17) is 4.74 Å². The number of hydrogen-bond donors (Lipinski definition) is 1. The van der Waals surface area contributed by atoms with Crippen LogP contribution in [0.2, 0.25) is 0 Å². The summed E-state index contributed by atoms with van der Waals surface area (Å²) in [5.41, 5.74) is 5.97. The monoisotopic (exact) mass is 295 g/mol. The lowest BCUT2D eigenvalue weighted by atomic mass is 10.00. The second-order valence-electron chi connectivity index (χ2n) is 6.01. The van der Waals surface area contributed by atoms with Crippen molar-refractivity contribution in [3.63, 3.8) is 0 Å². The number of amides is 1. The summed E-state index contributed by atoms with van der Waals surface area (Å²) in [6.45, 7) is 6.81. The SMILES string of the molecule is Cc1cc(C)c(CNC(=O)C2Cc3ccccc3O2)c(C)c1. The molecule has 0 aromatic heterocycles. The quantitative estimate of drug-likeness (QED) is 0.944. The molecule has 3 rings (SSSR count). The molecule has 1 unspecified atom stereocenters. The molecule has 0 aliphatic carbocycles. The van der Waals surface area contributed by atoms with Gasteiger partial charge in [-0.05, 0) is 49.1 Å². The fraction of sp³-hybridized carbons (Fsp3) is 0.316. The van der Waals surface area contributed by atoms with Crippen LogP contribution in [0, 0.1) is 20.8 Å². The van der Waals surface area contributed by atoms with E-state index in [1.807, 2.05) is 24.3 Å². The number of fused-ring (bicyclic) bond motifs is 1. The van der Waals surface area contributed by atoms with Gasteiger partial charge in [-0.1, -0.05) is 35.9 Å². The summed E-state index contributed by atoms with van der Waals surface area (Å²) in [5, 5.41) is 3.01. The van der Waals surface area contributed by atoms with Crippen molar-refractivity contribution < 1.29 is 9.53 Å². The van der Waals surface area contributed by atoms with Crippen LogP contribution >= 0.6 is 0 Å². The molecule has 22 heavy (non-hydrogen) atoms. The summed E-state index contributed by atoms with van der Waals surface area (Å²) in [6.07, 6.45) is 0.233. The number of ether oxygens (including phenoxy) is 1. The highest BCUT2D eigenvalue weighted by atomic mass is 16.5. The minimum Gasteiger partial charge on any atom is -0.480 e. The van der Waals surface area contributed by atoms with E-state index in [2.05, 4.69) is 38.2 Å². The zero-order chi connectivity index (χ0) is 15.7. The molecule has 0 bridgehead atoms. The number of carbonyl (C=O) groups excluding carboxylic acids is 1. The number of rotatable bonds is 3. The topological polar surface area (TPSA) is 38.3 Å². The number of nitrogens with one attached hydrogen (secondary N) is 1. The van der Waals surface area contributed by atoms with Gasteiger partial charge in [-0.25, -0.2) is 0 Å². The molecule has 114 valence electrons. The first-order valence-electron chi connectivity index (χ1n) is 7.63. The van der Waals surface area contributed by atoms with Crippen molar-refractivity contribution >= 4 is 5.91 Å². The highest BCUT2D eigenvalue weighted by Crippen LogP contribution is 2.28. The van der Waals surface area contributed by atoms with Gasteiger partial charge in [0, 0.05) is 13.0 Å². The Morgan fingerprint density at radius 2 is 1.86 bits per heavy atom. The maximum atomic E-state index is 12.3. The summed E-state index contributed by atoms with van der Waals surface area (Å²) < 4.78 is 5.72. The van der Waals surface area contributed by atoms with Crippen molar-refractivity contribution in [2.45, 2.75) is 39.8 Å². The van der Waals surface area contributed by atoms with Crippen LogP contribution in [0.4, 0.5) is 0 Å². The van der Waals surface area contributed by atoms with Crippen LogP contribution in [0.5, 0.6) is 5.75 Å². The highest BCUT2D eigenvalue weighted by Gasteiger charge is 2.28. The predicted octanol–water partition coefficient (Wildman–Crippen LogP) is 3.23. The summed E-state index contributed by atoms with van der Waals surface area (Å²) in [4.78, 5) is 12.3. The number of benzene rings is 2. The van der Waals surface area contributed by atoms with Crippen molar-refractivity contribution in [2.24, 2.45) is 0 Å². The van der Waals surface area contributed by atoms with Crippen LogP contribution in [0.3, 0.4) is 0 Å². The van der Waals surface area contributed by atoms with E-state index in [1.54, 1.807) is 0 Å². The lowest BCUT2D eigenvalue weighted by Crippen LogP contribution is -2.37. The van der Waals surface area contributed by atoms with E-state index in [-0.39, 0.29) is 5.91 Å². The third kappa shape index (κ3) is 2.84. The Bertz CT molecular complexity index is 673. The van der Waals surface area contributed by atoms with Crippen LogP contribution in [0.15, 0.2) is 36.4 Å². The minimum absolute atomic E-state index is 0.0458. The average molecular weight is 295 g/mol. The maximum absolute atomic E-state index is 12.3. The number of carbonyl (C=O) groups is 1. The lowest BCUT2D eigenvalue weighted by Gasteiger charge is -2.15. The molecule has 2 aromatic rings. The summed E-state index contributed by atoms with van der Waals surface area (Å²) in [7, 11) is 0. The van der Waals surface area contributed by atoms with Crippen LogP contribution in [0.1, 0.15) is 27.8 Å². The van der Waals surface area contributed by atoms with Gasteiger partial charge >= 0.3 is 0 Å². The molecule has 2 aromatic carbocycles. The maximum Gasteiger partial charge on any atom is 0.261 e. The first kappa shape index (κ1) is 14.6. The van der Waals surface area contributed by atoms with E-state index >= 15 is 0 Å². The first-order chi connectivity index (χ1) is 10.5. The molecule has 0 saturated carbocycles. The molecule has 0 spiro atoms. The molecule has 1 N–H and O–H groups in total. The van der Waals surface area contributed by atoms with Gasteiger partial charge < -0.3 is 10.1 Å². The fourth-order valence-electron chi connectivity index (χ4n) is 3.11. The van der Waals surface area contributed by atoms with Crippen molar-refractivity contribution in [3.8, 4) is 5.75 Å². The van der Waals surface area contributed by atoms with Gasteiger partial charge in [0.05, 0.1) is 0 Å². The summed E-state index contributed by atoms with van der Waals surface area (Å²) in [5.74, 6) is 0.779. The van der Waals surface area contributed by atoms with E-state index < -0.39 is 6.10 Å². The molecular formula is C19H21NO2. The Morgan fingerprint density at radius 3 is 2.55 bits per heavy atom. The molecule has 3 heteroatoms. The van der Waals surface area contributed by atoms with Crippen molar-refractivity contribution in [1.82, 2.24) is 5.32 Å². The van der Waals surface area contributed by atoms with Crippen LogP contribution < -0.4 is 10.1 Å². The average Bonchev–Trinajstić information content (AvgIpc) is 2.89. The first-order valence-corrected chi connectivity index (χ1v) is 7.63. The van der Waals surface area contributed by atoms with Crippen molar-refractivity contribution in [2.75, 3.05) is 0 Å². The summed E-state index contributed by atoms with van der Waals surface area (Å²) >= 11 is 0. The third-order valence-electron chi connectivity index (χ3n) is 4.22. The van der Waals surface area contributed by atoms with Gasteiger partial charge in [-0.3, -0.25) is 4.79 Å². The Labute approximate surface area is 131 Å². The Hall–Kier alpha value is -2.29. The molecule has 0 fully saturated rings. The second-order valence-corrected chi connectivity index (χ2v) is 6.01. The van der Waals surface area contributed by atoms with Gasteiger partial charge in [-0.2, -0.15) is 0 Å². The van der Waals surface area contributed by atoms with Gasteiger partial charge in [0.2, 0.25) is 0 Å². The highest BCUT2D eigenvalue weighted by molar-refractivity contribution is 5.82. The lowest BCUT2D eigenvalue weighted by molar-refractivity contribution is -0.127. The van der Waals surface area contributed by atoms with Crippen LogP contribution in [-0.2, 0) is 17.8 Å². The predicted molar refractivity (Wildman–Crippen MR) is 87.1 cm³/mol. The van der Waals surface area contributed by atoms with E-state index in [0.29, 0.717) is 13.0 Å². The number of hydrogen-bond acceptors (Lipinski definition) is 2. The smallest absolute Gasteiger partial charge is 0.261 e. The van der Waals surface area contributed by atoms with E-state index in [9.17, 15) is 4.79 Å². The molecule has 1 amide bonds. The fourth-order valence-corrected chi connectivity index (χ4v) is 3.11. The van der Waals surface area contributed by atoms with Crippen LogP contribution in [0.25, 0.3) is 0 Å². The van der Waals surface area contributed by atoms with E-state index in [0.717, 1.165) is 11.3 Å². The van der Waals surface area contributed by atoms with Crippen molar-refractivity contribution in [1.29, 1.82) is 0 Å². The Morgan fingerprint density at radius 1 is 1.18 bits per heavy atom. The molecular weight excluding hydrogens is 274 g/mol. The number of aryl methyl sites for hydroxylation is 3. The van der Waals surface area contributed by atoms with Crippen molar-refractivity contribution in [3.05, 3.63) is 64.2 Å². The molecule has 3 nitrogen and oxygen atoms in total. The largest absolute Gasteiger partial charge is 0.480 e. The molecule has 1 atom stereocenters. The van der Waals surface area contributed by atoms with E-state index in [1.165, 1.54) is 22.3 Å². The molecule has 0 saturated heterocycles. The third-order valence-corrected chi connectivity index (χ3v) is 4.22. The molecule has 1 aliphatic rings. The standard InChI is InChI=1S/C19H21NO2/c1-12-8-13(2)16(14(3)9-12)11-20-19(21)18-10-15-6-4-5-7-17(15)22-18/h4-9,18H,10-11H2,1-3H3,(H,20,21). The van der Waals surface area contributed by atoms with Gasteiger partial charge in [0.1, 0.15) is 5.75 Å². The summed E-state index contributed by atoms with van der Waals surface area (Å²) in [6, 6.07) is 12.1. The Balaban J connectivity index is 1.65. The molecule has 0 radical (unpaired) electrons. The van der Waals surface area contributed by atoms with Gasteiger partial charge in [0.15, 0.2) is 6.10 Å². The van der Waals surface area contributed by atoms with Gasteiger partial charge in [0.25, 0.3) is 5.91 Å². The zero-order valence-electron chi connectivity index (χ0n) is 13.3. The van der Waals surface area contributed by atoms with Crippen LogP contribution in [-0.4, -0.2) is 12.0 Å². The zero-order valence-corrected chi connectivity index (χ0v) is 13.3. The Kier molecular flexibility index (Phi) is 3.88. The number of para-hydroxylation sites is 1. The van der Waals surface area contributed by atoms with Gasteiger partial charge in [-0.15, -0.1) is 0 Å². The minimum atomic E-state index is -0.413. The second kappa shape index (κ2) is 5.84. The normalized spacial score (nSPS) is 16.0.